The van der Waals surface area contributed by atoms with E-state index in [-0.39, 0.29) is 76.1 Å². The van der Waals surface area contributed by atoms with Crippen LogP contribution < -0.4 is 0 Å². The molecule has 0 aromatic carbocycles. The van der Waals surface area contributed by atoms with Gasteiger partial charge in [0.15, 0.2) is 17.3 Å². The number of carbonyl (C=O) groups is 9. The Bertz CT molecular complexity index is 3490. The molecule has 1 fully saturated rings. The minimum absolute atomic E-state index is 0. The minimum atomic E-state index is -0.0582. The Morgan fingerprint density at radius 3 is 1.27 bits per heavy atom. The van der Waals surface area contributed by atoms with Crippen molar-refractivity contribution in [1.29, 1.82) is 0 Å². The van der Waals surface area contributed by atoms with Crippen LogP contribution in [0.3, 0.4) is 0 Å². The summed E-state index contributed by atoms with van der Waals surface area (Å²) in [5.41, 5.74) is 0. The Labute approximate surface area is 781 Å². The van der Waals surface area contributed by atoms with E-state index in [1.54, 1.807) is 0 Å². The van der Waals surface area contributed by atoms with Crippen LogP contribution in [-0.2, 0) is 43.2 Å². The molecular weight excluding hydrogens is 1580 g/mol. The lowest BCUT2D eigenvalue weighted by Crippen LogP contribution is -2.25. The first-order chi connectivity index (χ1) is 61.7. The Morgan fingerprint density at radius 2 is 0.781 bits per heavy atom. The zero-order chi connectivity index (χ0) is 91.9. The molecule has 0 heterocycles. The second-order valence-corrected chi connectivity index (χ2v) is 40.1. The van der Waals surface area contributed by atoms with E-state index in [0.29, 0.717) is 153 Å². The number of allylic oxidation sites excluding steroid dienone is 24. The quantitative estimate of drug-likeness (QED) is 0.0247. The van der Waals surface area contributed by atoms with Crippen molar-refractivity contribution in [2.75, 3.05) is 0 Å². The summed E-state index contributed by atoms with van der Waals surface area (Å²) < 4.78 is 0. The van der Waals surface area contributed by atoms with E-state index < -0.39 is 0 Å². The third kappa shape index (κ3) is 50.1. The Morgan fingerprint density at radius 1 is 0.367 bits per heavy atom. The topological polar surface area (TPSA) is 185 Å². The molecule has 0 saturated heterocycles. The summed E-state index contributed by atoms with van der Waals surface area (Å²) in [7, 11) is 0. The average molecular weight is 1760 g/mol. The van der Waals surface area contributed by atoms with Crippen molar-refractivity contribution in [2.45, 2.75) is 394 Å². The lowest BCUT2D eigenvalue weighted by atomic mass is 9.76. The monoisotopic (exact) mass is 1760 g/mol. The number of hydrogen-bond donors (Lipinski definition) is 0. The first kappa shape index (κ1) is 113. The third-order valence-corrected chi connectivity index (χ3v) is 29.8. The van der Waals surface area contributed by atoms with Crippen LogP contribution in [0.5, 0.6) is 0 Å². The molecule has 0 spiro atoms. The highest BCUT2D eigenvalue weighted by atomic mass is 16.2. The van der Waals surface area contributed by atoms with E-state index in [2.05, 4.69) is 164 Å². The number of fused-ring (bicyclic) bond motifs is 4. The molecule has 714 valence electrons. The molecule has 0 amide bonds. The highest BCUT2D eigenvalue weighted by Crippen LogP contribution is 2.40. The highest BCUT2D eigenvalue weighted by Gasteiger charge is 2.34. The number of hydrogen-bond acceptors (Lipinski definition) is 9. The van der Waals surface area contributed by atoms with Crippen molar-refractivity contribution in [2.24, 2.45) is 107 Å². The van der Waals surface area contributed by atoms with Gasteiger partial charge in [-0.25, -0.2) is 0 Å². The van der Waals surface area contributed by atoms with Gasteiger partial charge in [0.1, 0.15) is 34.7 Å². The van der Waals surface area contributed by atoms with Crippen LogP contribution in [0.15, 0.2) is 185 Å². The molecule has 7 rings (SSSR count). The molecule has 10 heteroatoms. The first-order valence-corrected chi connectivity index (χ1v) is 52.2. The molecule has 2 N–H and O–H groups in total. The van der Waals surface area contributed by atoms with Crippen molar-refractivity contribution < 1.29 is 48.6 Å². The van der Waals surface area contributed by atoms with Crippen LogP contribution in [0.1, 0.15) is 394 Å². The fraction of sp³-hybridized carbons (Fsp3) is 0.669. The predicted molar refractivity (Wildman–Crippen MR) is 541 cm³/mol. The summed E-state index contributed by atoms with van der Waals surface area (Å²) in [6.07, 6.45) is 105. The van der Waals surface area contributed by atoms with E-state index >= 15 is 0 Å². The van der Waals surface area contributed by atoms with Gasteiger partial charge in [0.2, 0.25) is 0 Å². The summed E-state index contributed by atoms with van der Waals surface area (Å²) in [6.45, 7) is 30.4. The molecule has 16 atom stereocenters. The molecule has 7 aliphatic carbocycles. The lowest BCUT2D eigenvalue weighted by Gasteiger charge is -2.28. The first-order valence-electron chi connectivity index (χ1n) is 52.2. The highest BCUT2D eigenvalue weighted by molar-refractivity contribution is 5.91. The van der Waals surface area contributed by atoms with Crippen LogP contribution in [-0.4, -0.2) is 57.5 Å². The zero-order valence-electron chi connectivity index (χ0n) is 81.5. The zero-order valence-corrected chi connectivity index (χ0v) is 81.5. The number of Topliss-reactive ketones (excluding diaryl/α,β-unsaturated/α-hetero) is 6. The molecule has 0 aromatic heterocycles. The van der Waals surface area contributed by atoms with Crippen molar-refractivity contribution in [1.82, 2.24) is 0 Å². The van der Waals surface area contributed by atoms with Gasteiger partial charge in [-0.15, -0.1) is 0 Å². The maximum Gasteiger partial charge on any atom is 0.155 e. The van der Waals surface area contributed by atoms with Crippen molar-refractivity contribution in [3.8, 4) is 0 Å². The van der Waals surface area contributed by atoms with Gasteiger partial charge in [0.25, 0.3) is 0 Å². The molecular formula is C118H182O10. The van der Waals surface area contributed by atoms with Crippen molar-refractivity contribution in [3.63, 3.8) is 0 Å². The maximum absolute atomic E-state index is 14.2. The second-order valence-electron chi connectivity index (χ2n) is 40.1. The largest absolute Gasteiger partial charge is 0.412 e. The van der Waals surface area contributed by atoms with Crippen LogP contribution in [0, 0.1) is 107 Å². The normalized spacial score (nSPS) is 25.0. The van der Waals surface area contributed by atoms with Crippen LogP contribution in [0.25, 0.3) is 0 Å². The molecule has 16 unspecified atom stereocenters. The van der Waals surface area contributed by atoms with Crippen LogP contribution in [0.4, 0.5) is 0 Å². The molecule has 4 bridgehead atoms. The lowest BCUT2D eigenvalue weighted by molar-refractivity contribution is -0.127. The Hall–Kier alpha value is -6.91. The fourth-order valence-corrected chi connectivity index (χ4v) is 21.3. The molecule has 1 saturated carbocycles. The molecule has 10 nitrogen and oxygen atoms in total. The van der Waals surface area contributed by atoms with Gasteiger partial charge in [0, 0.05) is 93.3 Å². The molecule has 0 aliphatic heterocycles. The summed E-state index contributed by atoms with van der Waals surface area (Å²) in [4.78, 5) is 118. The van der Waals surface area contributed by atoms with Gasteiger partial charge in [0.05, 0.1) is 0 Å². The number of ketones is 9. The van der Waals surface area contributed by atoms with E-state index in [4.69, 9.17) is 0 Å². The minimum Gasteiger partial charge on any atom is -0.412 e. The number of unbranched alkanes of at least 4 members (excludes halogenated alkanes) is 6. The summed E-state index contributed by atoms with van der Waals surface area (Å²) in [6, 6.07) is 0. The maximum atomic E-state index is 14.2. The average Bonchev–Trinajstić information content (AvgIpc) is 0.871. The summed E-state index contributed by atoms with van der Waals surface area (Å²) in [5.74, 6) is 7.79. The van der Waals surface area contributed by atoms with Crippen molar-refractivity contribution in [3.05, 3.63) is 185 Å². The second kappa shape index (κ2) is 70.8. The van der Waals surface area contributed by atoms with E-state index in [9.17, 15) is 43.2 Å². The fourth-order valence-electron chi connectivity index (χ4n) is 21.3. The van der Waals surface area contributed by atoms with E-state index in [1.807, 2.05) is 30.4 Å². The van der Waals surface area contributed by atoms with Gasteiger partial charge >= 0.3 is 0 Å². The Balaban J connectivity index is 0.000000705. The van der Waals surface area contributed by atoms with Crippen LogP contribution in [0.2, 0.25) is 0 Å². The molecule has 128 heavy (non-hydrogen) atoms. The number of rotatable bonds is 57. The number of carbonyl (C=O) groups excluding carboxylic acids is 9. The van der Waals surface area contributed by atoms with Crippen molar-refractivity contribution >= 4 is 52.0 Å². The SMILES string of the molecule is C=C/C=C/CCCC(CC/C=C/C=C)CCC/C=C/C=C.C=CC(=O)CCC(CCC(=O)C=C)CC(=O)C=C.CCCCC1C=CCC(C(=O)CCC(CCC(=O)C2CC=CC(CCCCC3CCCCC4C=CCC(C4)C(=O)CC(CCC(=O)C4CC=CC(CCCCC(C)CC)C4)CCC(=O)C4CC=CC(CCC3)C4)C2)CC(=O)C2CC=CC(CCCC)C2)C1.O. The van der Waals surface area contributed by atoms with Gasteiger partial charge in [-0.1, -0.05) is 310 Å². The third-order valence-electron chi connectivity index (χ3n) is 29.8. The summed E-state index contributed by atoms with van der Waals surface area (Å²) in [5, 5.41) is 0. The van der Waals surface area contributed by atoms with Crippen LogP contribution >= 0.6 is 0 Å². The van der Waals surface area contributed by atoms with Gasteiger partial charge in [-0.05, 0) is 282 Å². The van der Waals surface area contributed by atoms with Gasteiger partial charge < -0.3 is 5.48 Å². The smallest absolute Gasteiger partial charge is 0.155 e. The summed E-state index contributed by atoms with van der Waals surface area (Å²) >= 11 is 0. The van der Waals surface area contributed by atoms with Gasteiger partial charge in [-0.3, -0.25) is 43.2 Å². The van der Waals surface area contributed by atoms with Gasteiger partial charge in [-0.2, -0.15) is 0 Å². The Kier molecular flexibility index (Phi) is 62.7. The van der Waals surface area contributed by atoms with E-state index in [1.165, 1.54) is 179 Å². The molecule has 0 aromatic rings. The molecule has 0 radical (unpaired) electrons. The molecule has 7 aliphatic rings. The standard InChI is InChI=1S/C82H128O6.C21H32.C15H20O3.H2O/c1-5-8-24-63-33-17-39-71(53-63)77(83)49-45-69(59-81(87)75-43-21-34-64(57-75)25-9-6-2)46-51-79(85)73-41-19-36-66(55-73)29-14-12-26-62-27-13-15-30-67-37-22-44-76(58-67)82(88)60-70(48-52-80(86)74-42-20-38-68(56-74)32-16-31-62)47-50-78(84)72-40-18-35-65(54-72)28-11-10-23-61(4)7-3;1-4-7-10-13-16-19-21(18-15-12-9-6-3)20-17-14-11-8-5-2;1-4-13(16)9-7-12(11-15(18)6-3)8-10-14(17)5-2;/h17-22,33-38,61-76H,5-16,23-32,39-60H2,1-4H3;4-12,21H,1-3,13-20H2;4-6,12H,1-3,7-11H2;1H2/b;10-7+,11-8+,12-9+;;. The predicted octanol–water partition coefficient (Wildman–Crippen LogP) is 30.9. The van der Waals surface area contributed by atoms with E-state index in [0.717, 1.165) is 140 Å².